The first kappa shape index (κ1) is 25.9. The van der Waals surface area contributed by atoms with Gasteiger partial charge >= 0.3 is 0 Å². The summed E-state index contributed by atoms with van der Waals surface area (Å²) in [6.45, 7) is 7.87. The number of anilines is 1. The number of benzene rings is 2. The van der Waals surface area contributed by atoms with E-state index in [0.29, 0.717) is 35.8 Å². The SMILES string of the molecule is CCC(CC)C(=O)N(NC(=O)c1ccc(OC)cc1)C1CC(=O)N(c2ccc(C(C)C)cc2)C1=O. The number of ether oxygens (including phenoxy) is 1. The van der Waals surface area contributed by atoms with Gasteiger partial charge in [-0.2, -0.15) is 0 Å². The van der Waals surface area contributed by atoms with Crippen LogP contribution in [0.5, 0.6) is 5.75 Å². The maximum absolute atomic E-state index is 13.4. The molecule has 0 radical (unpaired) electrons. The van der Waals surface area contributed by atoms with Crippen molar-refractivity contribution in [3.8, 4) is 5.75 Å². The number of nitrogens with zero attached hydrogens (tertiary/aromatic N) is 2. The number of hydrogen-bond donors (Lipinski definition) is 1. The van der Waals surface area contributed by atoms with Crippen LogP contribution in [0.1, 0.15) is 68.8 Å². The van der Waals surface area contributed by atoms with Crippen LogP contribution in [0.15, 0.2) is 48.5 Å². The molecule has 0 aromatic heterocycles. The highest BCUT2D eigenvalue weighted by Crippen LogP contribution is 2.28. The number of hydrogen-bond acceptors (Lipinski definition) is 5. The maximum Gasteiger partial charge on any atom is 0.269 e. The largest absolute Gasteiger partial charge is 0.497 e. The summed E-state index contributed by atoms with van der Waals surface area (Å²) in [5.74, 6) is -1.40. The van der Waals surface area contributed by atoms with E-state index in [1.54, 1.807) is 36.4 Å². The number of nitrogens with one attached hydrogen (secondary N) is 1. The Balaban J connectivity index is 1.90. The lowest BCUT2D eigenvalue weighted by molar-refractivity contribution is -0.145. The third-order valence-electron chi connectivity index (χ3n) is 6.40. The van der Waals surface area contributed by atoms with Gasteiger partial charge < -0.3 is 4.74 Å². The Bertz CT molecular complexity index is 1080. The second-order valence-electron chi connectivity index (χ2n) is 8.92. The summed E-state index contributed by atoms with van der Waals surface area (Å²) in [5, 5.41) is 1.06. The molecule has 0 spiro atoms. The number of hydrazine groups is 1. The molecule has 2 aromatic rings. The van der Waals surface area contributed by atoms with Crippen LogP contribution in [0.25, 0.3) is 0 Å². The Morgan fingerprint density at radius 1 is 1.03 bits per heavy atom. The second kappa shape index (κ2) is 11.2. The lowest BCUT2D eigenvalue weighted by Crippen LogP contribution is -2.56. The third kappa shape index (κ3) is 5.53. The van der Waals surface area contributed by atoms with E-state index in [0.717, 1.165) is 15.5 Å². The van der Waals surface area contributed by atoms with Crippen LogP contribution in [-0.4, -0.2) is 41.8 Å². The van der Waals surface area contributed by atoms with Gasteiger partial charge in [-0.25, -0.2) is 9.91 Å². The molecule has 4 amide bonds. The summed E-state index contributed by atoms with van der Waals surface area (Å²) in [6.07, 6.45) is 0.874. The fourth-order valence-electron chi connectivity index (χ4n) is 4.13. The summed E-state index contributed by atoms with van der Waals surface area (Å²) in [4.78, 5) is 53.8. The Morgan fingerprint density at radius 2 is 1.63 bits per heavy atom. The van der Waals surface area contributed by atoms with Crippen LogP contribution in [0.4, 0.5) is 5.69 Å². The molecule has 3 rings (SSSR count). The minimum absolute atomic E-state index is 0.209. The minimum Gasteiger partial charge on any atom is -0.497 e. The molecule has 1 unspecified atom stereocenters. The van der Waals surface area contributed by atoms with Gasteiger partial charge in [-0.3, -0.25) is 24.6 Å². The molecule has 35 heavy (non-hydrogen) atoms. The number of carbonyl (C=O) groups excluding carboxylic acids is 4. The van der Waals surface area contributed by atoms with Crippen LogP contribution in [-0.2, 0) is 14.4 Å². The van der Waals surface area contributed by atoms with Gasteiger partial charge in [0.1, 0.15) is 11.8 Å². The molecule has 1 N–H and O–H groups in total. The van der Waals surface area contributed by atoms with E-state index in [9.17, 15) is 19.2 Å². The van der Waals surface area contributed by atoms with Gasteiger partial charge in [0, 0.05) is 11.5 Å². The predicted molar refractivity (Wildman–Crippen MR) is 133 cm³/mol. The van der Waals surface area contributed by atoms with E-state index in [4.69, 9.17) is 4.74 Å². The topological polar surface area (TPSA) is 96.0 Å². The van der Waals surface area contributed by atoms with Crippen LogP contribution < -0.4 is 15.1 Å². The quantitative estimate of drug-likeness (QED) is 0.455. The highest BCUT2D eigenvalue weighted by atomic mass is 16.5. The van der Waals surface area contributed by atoms with Crippen molar-refractivity contribution >= 4 is 29.3 Å². The number of carbonyl (C=O) groups is 4. The van der Waals surface area contributed by atoms with E-state index >= 15 is 0 Å². The molecule has 2 aromatic carbocycles. The zero-order valence-corrected chi connectivity index (χ0v) is 20.9. The van der Waals surface area contributed by atoms with Crippen molar-refractivity contribution in [2.24, 2.45) is 5.92 Å². The fraction of sp³-hybridized carbons (Fsp3) is 0.407. The van der Waals surface area contributed by atoms with Crippen molar-refractivity contribution in [1.29, 1.82) is 0 Å². The molecule has 8 nitrogen and oxygen atoms in total. The van der Waals surface area contributed by atoms with Crippen LogP contribution in [0.3, 0.4) is 0 Å². The summed E-state index contributed by atoms with van der Waals surface area (Å²) in [7, 11) is 1.52. The number of amides is 4. The Labute approximate surface area is 206 Å². The van der Waals surface area contributed by atoms with Crippen molar-refractivity contribution in [2.45, 2.75) is 58.9 Å². The third-order valence-corrected chi connectivity index (χ3v) is 6.40. The summed E-state index contributed by atoms with van der Waals surface area (Å²) >= 11 is 0. The van der Waals surface area contributed by atoms with Gasteiger partial charge in [0.2, 0.25) is 11.8 Å². The smallest absolute Gasteiger partial charge is 0.269 e. The fourth-order valence-corrected chi connectivity index (χ4v) is 4.13. The van der Waals surface area contributed by atoms with Crippen LogP contribution >= 0.6 is 0 Å². The lowest BCUT2D eigenvalue weighted by atomic mass is 10.0. The van der Waals surface area contributed by atoms with Gasteiger partial charge in [-0.1, -0.05) is 39.8 Å². The first-order chi connectivity index (χ1) is 16.7. The van der Waals surface area contributed by atoms with Crippen LogP contribution in [0.2, 0.25) is 0 Å². The molecule has 0 bridgehead atoms. The second-order valence-corrected chi connectivity index (χ2v) is 8.92. The molecular weight excluding hydrogens is 446 g/mol. The van der Waals surface area contributed by atoms with Gasteiger partial charge in [0.05, 0.1) is 19.2 Å². The zero-order chi connectivity index (χ0) is 25.7. The first-order valence-electron chi connectivity index (χ1n) is 12.0. The maximum atomic E-state index is 13.4. The van der Waals surface area contributed by atoms with E-state index in [1.807, 2.05) is 26.0 Å². The van der Waals surface area contributed by atoms with Gasteiger partial charge in [-0.15, -0.1) is 0 Å². The summed E-state index contributed by atoms with van der Waals surface area (Å²) < 4.78 is 5.13. The molecule has 1 aliphatic heterocycles. The number of rotatable bonds is 8. The molecule has 8 heteroatoms. The summed E-state index contributed by atoms with van der Waals surface area (Å²) in [5.41, 5.74) is 4.44. The van der Waals surface area contributed by atoms with Crippen molar-refractivity contribution < 1.29 is 23.9 Å². The van der Waals surface area contributed by atoms with Gasteiger partial charge in [0.15, 0.2) is 0 Å². The number of imide groups is 1. The van der Waals surface area contributed by atoms with Crippen molar-refractivity contribution in [2.75, 3.05) is 12.0 Å². The normalized spacial score (nSPS) is 15.6. The molecule has 1 aliphatic rings. The van der Waals surface area contributed by atoms with Crippen LogP contribution in [0, 0.1) is 5.92 Å². The molecule has 1 fully saturated rings. The van der Waals surface area contributed by atoms with E-state index in [1.165, 1.54) is 7.11 Å². The Morgan fingerprint density at radius 3 is 2.14 bits per heavy atom. The highest BCUT2D eigenvalue weighted by molar-refractivity contribution is 6.23. The minimum atomic E-state index is -1.12. The van der Waals surface area contributed by atoms with E-state index in [2.05, 4.69) is 19.3 Å². The average molecular weight is 480 g/mol. The van der Waals surface area contributed by atoms with Gasteiger partial charge in [0.25, 0.3) is 11.8 Å². The molecule has 1 heterocycles. The monoisotopic (exact) mass is 479 g/mol. The summed E-state index contributed by atoms with van der Waals surface area (Å²) in [6, 6.07) is 12.5. The average Bonchev–Trinajstić information content (AvgIpc) is 3.16. The Kier molecular flexibility index (Phi) is 8.27. The molecule has 186 valence electrons. The van der Waals surface area contributed by atoms with Crippen molar-refractivity contribution in [3.05, 3.63) is 59.7 Å². The molecular formula is C27H33N3O5. The molecule has 1 atom stereocenters. The zero-order valence-electron chi connectivity index (χ0n) is 20.9. The standard InChI is InChI=1S/C27H33N3O5/c1-6-18(7-2)26(33)30(28-25(32)20-10-14-22(35-5)15-11-20)23-16-24(31)29(27(23)34)21-12-8-19(9-13-21)17(3)4/h8-15,17-18,23H,6-7,16H2,1-5H3,(H,28,32). The van der Waals surface area contributed by atoms with E-state index < -0.39 is 29.7 Å². The predicted octanol–water partition coefficient (Wildman–Crippen LogP) is 4.06. The lowest BCUT2D eigenvalue weighted by Gasteiger charge is -2.30. The molecule has 1 saturated heterocycles. The van der Waals surface area contributed by atoms with Gasteiger partial charge in [-0.05, 0) is 60.7 Å². The highest BCUT2D eigenvalue weighted by Gasteiger charge is 2.46. The Hall–Kier alpha value is -3.68. The molecule has 0 aliphatic carbocycles. The molecule has 0 saturated carbocycles. The first-order valence-corrected chi connectivity index (χ1v) is 12.0. The van der Waals surface area contributed by atoms with E-state index in [-0.39, 0.29) is 12.3 Å². The van der Waals surface area contributed by atoms with Crippen molar-refractivity contribution in [3.63, 3.8) is 0 Å². The van der Waals surface area contributed by atoms with Crippen molar-refractivity contribution in [1.82, 2.24) is 10.4 Å². The number of methoxy groups -OCH3 is 1.